The first-order valence-corrected chi connectivity index (χ1v) is 12.9. The van der Waals surface area contributed by atoms with Crippen LogP contribution in [0.2, 0.25) is 0 Å². The fourth-order valence-corrected chi connectivity index (χ4v) is 6.05. The normalized spacial score (nSPS) is 19.2. The minimum atomic E-state index is -2.33. The second-order valence-corrected chi connectivity index (χ2v) is 11.0. The zero-order chi connectivity index (χ0) is 24.1. The molecule has 2 aliphatic rings. The molecule has 0 aliphatic heterocycles. The van der Waals surface area contributed by atoms with Crippen LogP contribution in [0.25, 0.3) is 0 Å². The van der Waals surface area contributed by atoms with E-state index in [4.69, 9.17) is 9.02 Å². The van der Waals surface area contributed by atoms with Crippen LogP contribution in [-0.2, 0) is 18.6 Å². The fourth-order valence-electron chi connectivity index (χ4n) is 3.90. The summed E-state index contributed by atoms with van der Waals surface area (Å²) in [5.41, 5.74) is 1.00. The van der Waals surface area contributed by atoms with Gasteiger partial charge in [-0.1, -0.05) is 17.3 Å². The molecule has 2 fully saturated rings. The molecule has 2 saturated carbocycles. The van der Waals surface area contributed by atoms with E-state index in [2.05, 4.69) is 20.2 Å². The molecule has 2 aliphatic carbocycles. The van der Waals surface area contributed by atoms with Gasteiger partial charge in [-0.05, 0) is 56.7 Å². The van der Waals surface area contributed by atoms with Crippen LogP contribution in [0.15, 0.2) is 52.6 Å². The van der Waals surface area contributed by atoms with Crippen LogP contribution in [0, 0.1) is 0 Å². The van der Waals surface area contributed by atoms with Gasteiger partial charge in [0.05, 0.1) is 29.9 Å². The van der Waals surface area contributed by atoms with E-state index >= 15 is 0 Å². The van der Waals surface area contributed by atoms with E-state index in [-0.39, 0.29) is 17.1 Å². The van der Waals surface area contributed by atoms with E-state index < -0.39 is 22.5 Å². The number of carbonyl (C=O) groups excluding carboxylic acids is 2. The summed E-state index contributed by atoms with van der Waals surface area (Å²) in [4.78, 5) is 34.1. The van der Waals surface area contributed by atoms with Gasteiger partial charge in [-0.25, -0.2) is 19.9 Å². The number of nitrogens with zero attached hydrogens (tertiary/aromatic N) is 1. The molecular formula is C24H30N3O6S+. The lowest BCUT2D eigenvalue weighted by Crippen LogP contribution is -2.28. The van der Waals surface area contributed by atoms with E-state index in [0.29, 0.717) is 21.8 Å². The van der Waals surface area contributed by atoms with Crippen LogP contribution in [-0.4, -0.2) is 47.7 Å². The molecule has 0 radical (unpaired) electrons. The van der Waals surface area contributed by atoms with Gasteiger partial charge in [-0.3, -0.25) is 8.74 Å². The van der Waals surface area contributed by atoms with Gasteiger partial charge in [0.25, 0.3) is 5.82 Å². The van der Waals surface area contributed by atoms with Crippen molar-refractivity contribution >= 4 is 34.0 Å². The number of pyridine rings is 1. The number of amides is 1. The number of hydrogen-bond donors (Lipinski definition) is 2. The number of oxime groups is 1. The van der Waals surface area contributed by atoms with Gasteiger partial charge < -0.3 is 9.57 Å². The molecule has 4 rings (SSSR count). The first-order valence-electron chi connectivity index (χ1n) is 11.3. The summed E-state index contributed by atoms with van der Waals surface area (Å²) in [5.74, 6) is -0.565. The smallest absolute Gasteiger partial charge is 0.361 e. The summed E-state index contributed by atoms with van der Waals surface area (Å²) < 4.78 is 21.2. The largest absolute Gasteiger partial charge is 0.465 e. The third-order valence-electron chi connectivity index (χ3n) is 5.99. The number of carbonyl (C=O) groups is 2. The summed E-state index contributed by atoms with van der Waals surface area (Å²) >= 11 is 0. The molecule has 9 nitrogen and oxygen atoms in total. The summed E-state index contributed by atoms with van der Waals surface area (Å²) in [6.45, 7) is 0. The van der Waals surface area contributed by atoms with Gasteiger partial charge in [-0.2, -0.15) is 10.6 Å². The Morgan fingerprint density at radius 1 is 1.03 bits per heavy atom. The van der Waals surface area contributed by atoms with Gasteiger partial charge in [-0.15, -0.1) is 0 Å². The summed E-state index contributed by atoms with van der Waals surface area (Å²) in [6.07, 6.45) is 7.31. The molecule has 182 valence electrons. The van der Waals surface area contributed by atoms with Crippen LogP contribution in [0.5, 0.6) is 0 Å². The molecule has 3 N–H and O–H groups in total. The van der Waals surface area contributed by atoms with E-state index in [1.807, 2.05) is 0 Å². The predicted molar refractivity (Wildman–Crippen MR) is 128 cm³/mol. The summed E-state index contributed by atoms with van der Waals surface area (Å²) in [6, 6.07) is 10.2. The number of methoxy groups -OCH3 is 1. The number of esters is 1. The van der Waals surface area contributed by atoms with Gasteiger partial charge >= 0.3 is 11.9 Å². The number of ether oxygens (including phenoxy) is 1. The van der Waals surface area contributed by atoms with E-state index in [1.165, 1.54) is 20.4 Å². The molecule has 0 bridgehead atoms. The zero-order valence-corrected chi connectivity index (χ0v) is 20.1. The van der Waals surface area contributed by atoms with Crippen molar-refractivity contribution in [2.24, 2.45) is 5.16 Å². The minimum Gasteiger partial charge on any atom is -0.465 e. The maximum absolute atomic E-state index is 13.1. The Bertz CT molecular complexity index is 1050. The highest BCUT2D eigenvalue weighted by Gasteiger charge is 2.38. The molecule has 1 heterocycles. The van der Waals surface area contributed by atoms with Crippen LogP contribution in [0.1, 0.15) is 54.4 Å². The lowest BCUT2D eigenvalue weighted by atomic mass is 10.1. The Morgan fingerprint density at radius 3 is 2.26 bits per heavy atom. The predicted octanol–water partition coefficient (Wildman–Crippen LogP) is 3.95. The molecule has 10 heteroatoms. The molecule has 1 unspecified atom stereocenters. The maximum atomic E-state index is 13.1. The summed E-state index contributed by atoms with van der Waals surface area (Å²) in [7, 11) is 0.503. The van der Waals surface area contributed by atoms with Crippen molar-refractivity contribution < 1.29 is 32.9 Å². The molecule has 0 spiro atoms. The van der Waals surface area contributed by atoms with Gasteiger partial charge in [0.2, 0.25) is 0 Å². The maximum Gasteiger partial charge on any atom is 0.361 e. The minimum absolute atomic E-state index is 0.00845. The van der Waals surface area contributed by atoms with Crippen molar-refractivity contribution in [3.63, 3.8) is 0 Å². The highest BCUT2D eigenvalue weighted by molar-refractivity contribution is 8.25. The second-order valence-electron chi connectivity index (χ2n) is 8.35. The number of rotatable bonds is 9. The Labute approximate surface area is 200 Å². The first kappa shape index (κ1) is 24.2. The lowest BCUT2D eigenvalue weighted by molar-refractivity contribution is -0.361. The molecule has 0 saturated heterocycles. The molecule has 1 amide bonds. The quantitative estimate of drug-likeness (QED) is 0.313. The van der Waals surface area contributed by atoms with Crippen LogP contribution < -0.4 is 10.3 Å². The van der Waals surface area contributed by atoms with Crippen molar-refractivity contribution in [1.29, 1.82) is 0 Å². The Kier molecular flexibility index (Phi) is 7.50. The number of aromatic nitrogens is 1. The van der Waals surface area contributed by atoms with Crippen molar-refractivity contribution in [3.05, 3.63) is 53.7 Å². The lowest BCUT2D eigenvalue weighted by Gasteiger charge is -2.37. The number of nitrogens with one attached hydrogen (secondary N) is 2. The van der Waals surface area contributed by atoms with Crippen molar-refractivity contribution in [1.82, 2.24) is 0 Å². The van der Waals surface area contributed by atoms with Crippen LogP contribution in [0.3, 0.4) is 0 Å². The average Bonchev–Trinajstić information content (AvgIpc) is 3.60. The Hall–Kier alpha value is -2.95. The van der Waals surface area contributed by atoms with Gasteiger partial charge in [0.15, 0.2) is 5.71 Å². The number of benzene rings is 1. The zero-order valence-electron chi connectivity index (χ0n) is 19.3. The van der Waals surface area contributed by atoms with Crippen molar-refractivity contribution in [2.45, 2.75) is 54.8 Å². The Balaban J connectivity index is 1.55. The highest BCUT2D eigenvalue weighted by Crippen LogP contribution is 2.64. The topological polar surface area (TPSA) is 121 Å². The summed E-state index contributed by atoms with van der Waals surface area (Å²) in [5, 5.41) is 7.13. The van der Waals surface area contributed by atoms with Gasteiger partial charge in [0.1, 0.15) is 12.3 Å². The third-order valence-corrected chi connectivity index (χ3v) is 8.82. The third kappa shape index (κ3) is 5.40. The SMILES string of the molecule is COC(=O)c1ccc(NC(=O)/C(=N/OC2CCCC2)c2ccc(S(O)(OC)C3CC3)cc2)[nH+]c1. The van der Waals surface area contributed by atoms with Crippen molar-refractivity contribution in [2.75, 3.05) is 19.5 Å². The fraction of sp³-hybridized carbons (Fsp3) is 0.417. The van der Waals surface area contributed by atoms with Crippen molar-refractivity contribution in [3.8, 4) is 0 Å². The van der Waals surface area contributed by atoms with Gasteiger partial charge in [0, 0.05) is 11.6 Å². The molecule has 1 atom stereocenters. The number of aromatic amines is 1. The molecule has 1 aromatic carbocycles. The Morgan fingerprint density at radius 2 is 1.71 bits per heavy atom. The second kappa shape index (κ2) is 10.5. The van der Waals surface area contributed by atoms with Crippen LogP contribution in [0.4, 0.5) is 5.82 Å². The average molecular weight is 489 g/mol. The standard InChI is InChI=1S/C24H29N3O6S/c1-31-24(29)17-9-14-21(25-15-17)26-23(28)22(27-33-18-5-3-4-6-18)16-7-10-19(11-8-16)34(30,32-2)20-12-13-20/h7-11,14-15,18,20,30H,3-6,12-13H2,1-2H3,(H,25,26,28)/p+1/b27-22+. The van der Waals surface area contributed by atoms with E-state index in [0.717, 1.165) is 38.5 Å². The highest BCUT2D eigenvalue weighted by atomic mass is 32.3. The number of anilines is 1. The van der Waals surface area contributed by atoms with Crippen LogP contribution >= 0.6 is 10.6 Å². The number of hydrogen-bond acceptors (Lipinski definition) is 7. The number of H-pyrrole nitrogens is 1. The molecule has 34 heavy (non-hydrogen) atoms. The first-order chi connectivity index (χ1) is 16.4. The molecular weight excluding hydrogens is 458 g/mol. The van der Waals surface area contributed by atoms with E-state index in [9.17, 15) is 14.1 Å². The molecule has 2 aromatic rings. The van der Waals surface area contributed by atoms with E-state index in [1.54, 1.807) is 36.4 Å². The molecule has 1 aromatic heterocycles. The monoisotopic (exact) mass is 488 g/mol.